The lowest BCUT2D eigenvalue weighted by Gasteiger charge is -2.17. The topological polar surface area (TPSA) is 112 Å². The first-order valence-corrected chi connectivity index (χ1v) is 11.2. The summed E-state index contributed by atoms with van der Waals surface area (Å²) in [6.45, 7) is 7.75. The van der Waals surface area contributed by atoms with Gasteiger partial charge in [-0.05, 0) is 32.0 Å². The Morgan fingerprint density at radius 3 is 2.76 bits per heavy atom. The Labute approximate surface area is 200 Å². The van der Waals surface area contributed by atoms with E-state index in [0.29, 0.717) is 34.0 Å². The number of thioether (sulfide) groups is 1. The van der Waals surface area contributed by atoms with E-state index in [0.717, 1.165) is 0 Å². The van der Waals surface area contributed by atoms with E-state index in [2.05, 4.69) is 22.1 Å². The van der Waals surface area contributed by atoms with Crippen molar-refractivity contribution < 1.29 is 14.5 Å². The predicted molar refractivity (Wildman–Crippen MR) is 128 cm³/mol. The maximum atomic E-state index is 12.7. The van der Waals surface area contributed by atoms with Gasteiger partial charge in [-0.15, -0.1) is 16.8 Å². The maximum Gasteiger partial charge on any atom is 0.271 e. The van der Waals surface area contributed by atoms with Crippen LogP contribution in [0, 0.1) is 10.1 Å². The number of para-hydroxylation sites is 1. The summed E-state index contributed by atoms with van der Waals surface area (Å²) in [7, 11) is 0. The summed E-state index contributed by atoms with van der Waals surface area (Å²) in [5.74, 6) is 0.762. The third-order valence-electron chi connectivity index (χ3n) is 4.54. The van der Waals surface area contributed by atoms with E-state index >= 15 is 0 Å². The van der Waals surface area contributed by atoms with Gasteiger partial charge in [0.05, 0.1) is 15.2 Å². The third kappa shape index (κ3) is 6.11. The molecule has 0 spiro atoms. The number of hydrogen-bond donors (Lipinski definition) is 1. The first-order chi connectivity index (χ1) is 15.8. The summed E-state index contributed by atoms with van der Waals surface area (Å²) in [5.41, 5.74) is 0.243. The van der Waals surface area contributed by atoms with Crippen molar-refractivity contribution in [1.29, 1.82) is 0 Å². The molecule has 1 aromatic heterocycles. The normalized spacial score (nSPS) is 12.6. The monoisotopic (exact) mass is 487 g/mol. The number of non-ortho nitro benzene ring substituents is 1. The molecule has 0 aliphatic carbocycles. The molecule has 2 atom stereocenters. The van der Waals surface area contributed by atoms with Crippen LogP contribution in [-0.2, 0) is 11.3 Å². The number of amides is 1. The Bertz CT molecular complexity index is 1170. The molecule has 2 unspecified atom stereocenters. The summed E-state index contributed by atoms with van der Waals surface area (Å²) < 4.78 is 7.78. The maximum absolute atomic E-state index is 12.7. The predicted octanol–water partition coefficient (Wildman–Crippen LogP) is 5.29. The van der Waals surface area contributed by atoms with E-state index < -0.39 is 16.3 Å². The number of nitro groups is 1. The van der Waals surface area contributed by atoms with Gasteiger partial charge in [0.2, 0.25) is 5.91 Å². The van der Waals surface area contributed by atoms with Crippen molar-refractivity contribution in [3.63, 3.8) is 0 Å². The van der Waals surface area contributed by atoms with Gasteiger partial charge in [-0.1, -0.05) is 47.6 Å². The molecular formula is C22H22ClN5O4S. The summed E-state index contributed by atoms with van der Waals surface area (Å²) in [6.07, 6.45) is 1.24. The van der Waals surface area contributed by atoms with Gasteiger partial charge >= 0.3 is 0 Å². The van der Waals surface area contributed by atoms with Gasteiger partial charge in [0.15, 0.2) is 17.1 Å². The zero-order valence-corrected chi connectivity index (χ0v) is 19.5. The molecule has 0 radical (unpaired) electrons. The molecule has 2 aromatic carbocycles. The number of carbonyl (C=O) groups is 1. The van der Waals surface area contributed by atoms with Crippen LogP contribution >= 0.6 is 23.4 Å². The van der Waals surface area contributed by atoms with Crippen molar-refractivity contribution in [3.8, 4) is 5.75 Å². The van der Waals surface area contributed by atoms with Crippen LogP contribution in [0.2, 0.25) is 5.02 Å². The molecule has 1 amide bonds. The molecule has 0 aliphatic rings. The number of nitro benzene ring substituents is 1. The Hall–Kier alpha value is -3.37. The number of allylic oxidation sites excluding steroid dienone is 1. The molecule has 33 heavy (non-hydrogen) atoms. The minimum absolute atomic E-state index is 0.101. The van der Waals surface area contributed by atoms with Crippen molar-refractivity contribution in [1.82, 2.24) is 14.8 Å². The molecular weight excluding hydrogens is 466 g/mol. The molecule has 0 saturated heterocycles. The summed E-state index contributed by atoms with van der Waals surface area (Å²) in [5, 5.41) is 22.6. The lowest BCUT2D eigenvalue weighted by molar-refractivity contribution is -0.384. The van der Waals surface area contributed by atoms with Crippen LogP contribution in [0.1, 0.15) is 25.8 Å². The zero-order valence-electron chi connectivity index (χ0n) is 18.0. The Kier molecular flexibility index (Phi) is 8.07. The number of benzene rings is 2. The molecule has 0 fully saturated rings. The van der Waals surface area contributed by atoms with E-state index in [4.69, 9.17) is 16.3 Å². The van der Waals surface area contributed by atoms with Gasteiger partial charge in [0.1, 0.15) is 5.75 Å². The number of ether oxygens (including phenoxy) is 1. The fraction of sp³-hybridized carbons (Fsp3) is 0.227. The number of hydrogen-bond acceptors (Lipinski definition) is 7. The van der Waals surface area contributed by atoms with Gasteiger partial charge in [0.25, 0.3) is 5.69 Å². The summed E-state index contributed by atoms with van der Waals surface area (Å²) in [6, 6.07) is 12.9. The van der Waals surface area contributed by atoms with E-state index in [1.165, 1.54) is 30.0 Å². The lowest BCUT2D eigenvalue weighted by Crippen LogP contribution is -2.23. The molecule has 0 bridgehead atoms. The van der Waals surface area contributed by atoms with E-state index in [9.17, 15) is 14.9 Å². The molecule has 9 nitrogen and oxygen atoms in total. The molecule has 1 N–H and O–H groups in total. The quantitative estimate of drug-likeness (QED) is 0.179. The second-order valence-corrected chi connectivity index (χ2v) is 8.70. The minimum Gasteiger partial charge on any atom is -0.481 e. The molecule has 3 aromatic rings. The third-order valence-corrected chi connectivity index (χ3v) is 5.93. The standard InChI is InChI=1S/C22H22ClN5O4S/c1-4-12-27-20(14(2)32-19-11-6-5-10-18(19)23)25-26-22(27)33-15(3)21(29)24-16-8-7-9-17(13-16)28(30)31/h4-11,13-15H,1,12H2,2-3H3,(H,24,29). The first kappa shape index (κ1) is 24.3. The lowest BCUT2D eigenvalue weighted by atomic mass is 10.2. The molecule has 1 heterocycles. The summed E-state index contributed by atoms with van der Waals surface area (Å²) >= 11 is 7.40. The SMILES string of the molecule is C=CCn1c(SC(C)C(=O)Nc2cccc([N+](=O)[O-])c2)nnc1C(C)Oc1ccccc1Cl. The van der Waals surface area contributed by atoms with Crippen LogP contribution in [-0.4, -0.2) is 30.8 Å². The first-order valence-electron chi connectivity index (χ1n) is 9.97. The van der Waals surface area contributed by atoms with Crippen molar-refractivity contribution in [2.45, 2.75) is 36.9 Å². The van der Waals surface area contributed by atoms with E-state index in [1.54, 1.807) is 31.2 Å². The van der Waals surface area contributed by atoms with Gasteiger partial charge in [-0.25, -0.2) is 0 Å². The largest absolute Gasteiger partial charge is 0.481 e. The highest BCUT2D eigenvalue weighted by Gasteiger charge is 2.23. The van der Waals surface area contributed by atoms with Gasteiger partial charge in [-0.2, -0.15) is 0 Å². The van der Waals surface area contributed by atoms with Crippen LogP contribution in [0.25, 0.3) is 0 Å². The molecule has 172 valence electrons. The van der Waals surface area contributed by atoms with E-state index in [-0.39, 0.29) is 11.6 Å². The number of aromatic nitrogens is 3. The molecule has 3 rings (SSSR count). The Morgan fingerprint density at radius 2 is 2.06 bits per heavy atom. The number of anilines is 1. The second kappa shape index (κ2) is 11.0. The average Bonchev–Trinajstić information content (AvgIpc) is 3.18. The number of carbonyl (C=O) groups excluding carboxylic acids is 1. The highest BCUT2D eigenvalue weighted by molar-refractivity contribution is 8.00. The summed E-state index contributed by atoms with van der Waals surface area (Å²) in [4.78, 5) is 23.1. The van der Waals surface area contributed by atoms with Crippen molar-refractivity contribution in [2.75, 3.05) is 5.32 Å². The van der Waals surface area contributed by atoms with Crippen LogP contribution < -0.4 is 10.1 Å². The van der Waals surface area contributed by atoms with Crippen LogP contribution in [0.3, 0.4) is 0 Å². The zero-order chi connectivity index (χ0) is 24.0. The smallest absolute Gasteiger partial charge is 0.271 e. The van der Waals surface area contributed by atoms with Crippen molar-refractivity contribution >= 4 is 40.6 Å². The fourth-order valence-electron chi connectivity index (χ4n) is 2.92. The van der Waals surface area contributed by atoms with Crippen LogP contribution in [0.15, 0.2) is 66.3 Å². The highest BCUT2D eigenvalue weighted by atomic mass is 35.5. The number of halogens is 1. The van der Waals surface area contributed by atoms with Crippen LogP contribution in [0.4, 0.5) is 11.4 Å². The van der Waals surface area contributed by atoms with Crippen molar-refractivity contribution in [3.05, 3.63) is 82.1 Å². The van der Waals surface area contributed by atoms with Gasteiger partial charge < -0.3 is 10.1 Å². The average molecular weight is 488 g/mol. The number of rotatable bonds is 10. The fourth-order valence-corrected chi connectivity index (χ4v) is 3.97. The Balaban J connectivity index is 1.73. The number of nitrogens with one attached hydrogen (secondary N) is 1. The second-order valence-electron chi connectivity index (χ2n) is 6.99. The minimum atomic E-state index is -0.551. The van der Waals surface area contributed by atoms with E-state index in [1.807, 2.05) is 23.6 Å². The molecule has 0 aliphatic heterocycles. The number of nitrogens with zero attached hydrogens (tertiary/aromatic N) is 4. The van der Waals surface area contributed by atoms with Gasteiger partial charge in [0, 0.05) is 24.4 Å². The van der Waals surface area contributed by atoms with Gasteiger partial charge in [-0.3, -0.25) is 19.5 Å². The Morgan fingerprint density at radius 1 is 1.30 bits per heavy atom. The molecule has 11 heteroatoms. The highest BCUT2D eigenvalue weighted by Crippen LogP contribution is 2.30. The van der Waals surface area contributed by atoms with Crippen LogP contribution in [0.5, 0.6) is 5.75 Å². The van der Waals surface area contributed by atoms with Crippen molar-refractivity contribution in [2.24, 2.45) is 0 Å². The molecule has 0 saturated carbocycles.